The Morgan fingerprint density at radius 3 is 2.80 bits per heavy atom. The van der Waals surface area contributed by atoms with Gasteiger partial charge in [0.25, 0.3) is 5.91 Å². The van der Waals surface area contributed by atoms with E-state index in [0.717, 1.165) is 17.5 Å². The van der Waals surface area contributed by atoms with Gasteiger partial charge in [-0.15, -0.1) is 0 Å². The van der Waals surface area contributed by atoms with Crippen molar-refractivity contribution < 1.29 is 13.7 Å². The smallest absolute Gasteiger partial charge is 0.258 e. The van der Waals surface area contributed by atoms with Crippen LogP contribution >= 0.6 is 0 Å². The van der Waals surface area contributed by atoms with Gasteiger partial charge in [-0.2, -0.15) is 4.98 Å². The number of hydrogen-bond acceptors (Lipinski definition) is 6. The van der Waals surface area contributed by atoms with Crippen LogP contribution in [-0.2, 0) is 0 Å². The zero-order chi connectivity index (χ0) is 17.6. The molecule has 4 rings (SSSR count). The van der Waals surface area contributed by atoms with Crippen LogP contribution in [0, 0.1) is 13.8 Å². The first-order valence-electron chi connectivity index (χ1n) is 8.32. The van der Waals surface area contributed by atoms with Crippen LogP contribution in [0.15, 0.2) is 33.2 Å². The molecular formula is C18H20N4O3. The van der Waals surface area contributed by atoms with Crippen molar-refractivity contribution in [2.45, 2.75) is 19.9 Å². The lowest BCUT2D eigenvalue weighted by Crippen LogP contribution is -2.49. The molecule has 130 valence electrons. The Kier molecular flexibility index (Phi) is 3.80. The van der Waals surface area contributed by atoms with E-state index in [0.29, 0.717) is 36.1 Å². The van der Waals surface area contributed by atoms with Crippen molar-refractivity contribution in [2.75, 3.05) is 26.7 Å². The van der Waals surface area contributed by atoms with Crippen LogP contribution in [0.1, 0.15) is 33.9 Å². The van der Waals surface area contributed by atoms with Gasteiger partial charge in [0.1, 0.15) is 17.4 Å². The van der Waals surface area contributed by atoms with Gasteiger partial charge < -0.3 is 13.8 Å². The number of furan rings is 1. The van der Waals surface area contributed by atoms with Gasteiger partial charge in [0.15, 0.2) is 5.82 Å². The minimum atomic E-state index is -0.0997. The topological polar surface area (TPSA) is 75.6 Å². The maximum Gasteiger partial charge on any atom is 0.258 e. The predicted molar refractivity (Wildman–Crippen MR) is 91.3 cm³/mol. The summed E-state index contributed by atoms with van der Waals surface area (Å²) in [6, 6.07) is 7.53. The molecule has 1 aliphatic heterocycles. The fraction of sp³-hybridized carbons (Fsp3) is 0.389. The summed E-state index contributed by atoms with van der Waals surface area (Å²) in [6.07, 6.45) is 0. The third-order valence-corrected chi connectivity index (χ3v) is 4.75. The Labute approximate surface area is 145 Å². The van der Waals surface area contributed by atoms with Gasteiger partial charge in [-0.1, -0.05) is 23.4 Å². The number of hydrogen-bond donors (Lipinski definition) is 0. The summed E-state index contributed by atoms with van der Waals surface area (Å²) in [7, 11) is 2.00. The molecular weight excluding hydrogens is 320 g/mol. The molecule has 1 fully saturated rings. The first-order chi connectivity index (χ1) is 12.0. The number of rotatable bonds is 2. The lowest BCUT2D eigenvalue weighted by atomic mass is 10.1. The summed E-state index contributed by atoms with van der Waals surface area (Å²) in [4.78, 5) is 21.5. The highest BCUT2D eigenvalue weighted by molar-refractivity contribution is 6.07. The van der Waals surface area contributed by atoms with Crippen LogP contribution in [0.2, 0.25) is 0 Å². The number of amides is 1. The minimum Gasteiger partial charge on any atom is -0.461 e. The fourth-order valence-electron chi connectivity index (χ4n) is 3.36. The van der Waals surface area contributed by atoms with Crippen LogP contribution in [0.3, 0.4) is 0 Å². The standard InChI is InChI=1S/C18H20N4O3/c1-11-16(13-6-4-5-7-15(13)24-11)18(23)22-9-8-21(3)14(10-22)17-19-12(2)20-25-17/h4-7,14H,8-10H2,1-3H3/t14-/m1/s1. The van der Waals surface area contributed by atoms with Crippen LogP contribution in [0.5, 0.6) is 0 Å². The second kappa shape index (κ2) is 6.00. The Morgan fingerprint density at radius 1 is 1.24 bits per heavy atom. The number of benzene rings is 1. The van der Waals surface area contributed by atoms with Crippen LogP contribution < -0.4 is 0 Å². The summed E-state index contributed by atoms with van der Waals surface area (Å²) in [5.74, 6) is 1.78. The molecule has 25 heavy (non-hydrogen) atoms. The van der Waals surface area contributed by atoms with E-state index in [9.17, 15) is 4.79 Å². The van der Waals surface area contributed by atoms with Gasteiger partial charge >= 0.3 is 0 Å². The molecule has 0 spiro atoms. The maximum atomic E-state index is 13.2. The minimum absolute atomic E-state index is 0.0169. The SMILES string of the molecule is Cc1noc([C@H]2CN(C(=O)c3c(C)oc4ccccc34)CCN2C)n1. The fourth-order valence-corrected chi connectivity index (χ4v) is 3.36. The van der Waals surface area contributed by atoms with Gasteiger partial charge in [-0.25, -0.2) is 0 Å². The molecule has 1 aromatic carbocycles. The first kappa shape index (κ1) is 15.8. The van der Waals surface area contributed by atoms with Gasteiger partial charge in [0.2, 0.25) is 5.89 Å². The van der Waals surface area contributed by atoms with Crippen molar-refractivity contribution in [3.63, 3.8) is 0 Å². The molecule has 0 N–H and O–H groups in total. The second-order valence-corrected chi connectivity index (χ2v) is 6.46. The molecule has 7 heteroatoms. The third-order valence-electron chi connectivity index (χ3n) is 4.75. The number of nitrogens with zero attached hydrogens (tertiary/aromatic N) is 4. The van der Waals surface area contributed by atoms with E-state index >= 15 is 0 Å². The van der Waals surface area contributed by atoms with Crippen molar-refractivity contribution in [3.8, 4) is 0 Å². The zero-order valence-electron chi connectivity index (χ0n) is 14.5. The zero-order valence-corrected chi connectivity index (χ0v) is 14.5. The molecule has 2 aromatic heterocycles. The third kappa shape index (κ3) is 2.70. The van der Waals surface area contributed by atoms with Crippen LogP contribution in [0.4, 0.5) is 0 Å². The second-order valence-electron chi connectivity index (χ2n) is 6.46. The summed E-state index contributed by atoms with van der Waals surface area (Å²) in [5, 5.41) is 4.73. The van der Waals surface area contributed by atoms with Crippen molar-refractivity contribution in [3.05, 3.63) is 47.3 Å². The Hall–Kier alpha value is -2.67. The number of piperazine rings is 1. The highest BCUT2D eigenvalue weighted by Gasteiger charge is 2.34. The number of likely N-dealkylation sites (N-methyl/N-ethyl adjacent to an activating group) is 1. The summed E-state index contributed by atoms with van der Waals surface area (Å²) in [5.41, 5.74) is 1.38. The van der Waals surface area contributed by atoms with Gasteiger partial charge in [-0.3, -0.25) is 9.69 Å². The number of aromatic nitrogens is 2. The molecule has 0 unspecified atom stereocenters. The molecule has 3 aromatic rings. The Balaban J connectivity index is 1.64. The van der Waals surface area contributed by atoms with E-state index < -0.39 is 0 Å². The highest BCUT2D eigenvalue weighted by atomic mass is 16.5. The molecule has 0 saturated carbocycles. The van der Waals surface area contributed by atoms with Gasteiger partial charge in [0, 0.05) is 25.0 Å². The van der Waals surface area contributed by atoms with E-state index in [-0.39, 0.29) is 11.9 Å². The summed E-state index contributed by atoms with van der Waals surface area (Å²) < 4.78 is 11.1. The van der Waals surface area contributed by atoms with Gasteiger partial charge in [0.05, 0.1) is 5.56 Å². The molecule has 0 radical (unpaired) electrons. The van der Waals surface area contributed by atoms with E-state index in [1.165, 1.54) is 0 Å². The number of fused-ring (bicyclic) bond motifs is 1. The molecule has 0 bridgehead atoms. The normalized spacial score (nSPS) is 18.8. The van der Waals surface area contributed by atoms with Crippen LogP contribution in [0.25, 0.3) is 11.0 Å². The molecule has 1 amide bonds. The quantitative estimate of drug-likeness (QED) is 0.714. The number of para-hydroxylation sites is 1. The molecule has 1 aliphatic rings. The van der Waals surface area contributed by atoms with Crippen molar-refractivity contribution >= 4 is 16.9 Å². The average Bonchev–Trinajstić information content (AvgIpc) is 3.17. The molecule has 1 atom stereocenters. The predicted octanol–water partition coefficient (Wildman–Crippen LogP) is 2.56. The van der Waals surface area contributed by atoms with E-state index in [1.807, 2.05) is 43.1 Å². The number of aryl methyl sites for hydroxylation is 2. The van der Waals surface area contributed by atoms with Crippen molar-refractivity contribution in [1.29, 1.82) is 0 Å². The monoisotopic (exact) mass is 340 g/mol. The van der Waals surface area contributed by atoms with Crippen molar-refractivity contribution in [1.82, 2.24) is 19.9 Å². The number of carbonyl (C=O) groups excluding carboxylic acids is 1. The summed E-state index contributed by atoms with van der Waals surface area (Å²) in [6.45, 7) is 5.53. The lowest BCUT2D eigenvalue weighted by Gasteiger charge is -2.37. The lowest BCUT2D eigenvalue weighted by molar-refractivity contribution is 0.0489. The first-order valence-corrected chi connectivity index (χ1v) is 8.32. The molecule has 0 aliphatic carbocycles. The summed E-state index contributed by atoms with van der Waals surface area (Å²) >= 11 is 0. The largest absolute Gasteiger partial charge is 0.461 e. The Morgan fingerprint density at radius 2 is 2.04 bits per heavy atom. The molecule has 3 heterocycles. The van der Waals surface area contributed by atoms with E-state index in [2.05, 4.69) is 15.0 Å². The number of carbonyl (C=O) groups is 1. The Bertz CT molecular complexity index is 929. The average molecular weight is 340 g/mol. The maximum absolute atomic E-state index is 13.2. The molecule has 1 saturated heterocycles. The van der Waals surface area contributed by atoms with E-state index in [4.69, 9.17) is 8.94 Å². The van der Waals surface area contributed by atoms with Crippen molar-refractivity contribution in [2.24, 2.45) is 0 Å². The van der Waals surface area contributed by atoms with E-state index in [1.54, 1.807) is 6.92 Å². The highest BCUT2D eigenvalue weighted by Crippen LogP contribution is 2.29. The van der Waals surface area contributed by atoms with Gasteiger partial charge in [-0.05, 0) is 27.0 Å². The molecule has 7 nitrogen and oxygen atoms in total. The van der Waals surface area contributed by atoms with Crippen LogP contribution in [-0.4, -0.2) is 52.5 Å².